The van der Waals surface area contributed by atoms with Crippen LogP contribution in [0.25, 0.3) is 0 Å². The molecule has 0 spiro atoms. The quantitative estimate of drug-likeness (QED) is 0.941. The van der Waals surface area contributed by atoms with E-state index in [0.29, 0.717) is 10.6 Å². The Morgan fingerprint density at radius 3 is 2.63 bits per heavy atom. The van der Waals surface area contributed by atoms with Crippen molar-refractivity contribution in [2.24, 2.45) is 0 Å². The fraction of sp³-hybridized carbons (Fsp3) is 0.273. The van der Waals surface area contributed by atoms with Crippen LogP contribution in [0.2, 0.25) is 5.02 Å². The molecule has 0 aliphatic rings. The van der Waals surface area contributed by atoms with E-state index in [1.807, 2.05) is 0 Å². The summed E-state index contributed by atoms with van der Waals surface area (Å²) in [6.07, 6.45) is -5.95. The van der Waals surface area contributed by atoms with Gasteiger partial charge in [0.2, 0.25) is 0 Å². The largest absolute Gasteiger partial charge is 0.346 e. The predicted octanol–water partition coefficient (Wildman–Crippen LogP) is 2.55. The predicted molar refractivity (Wildman–Crippen MR) is 63.3 cm³/mol. The Bertz CT molecular complexity index is 626. The molecule has 1 unspecified atom stereocenters. The van der Waals surface area contributed by atoms with Crippen molar-refractivity contribution in [1.82, 2.24) is 14.8 Å². The number of H-pyrrole nitrogens is 1. The molecule has 1 aromatic carbocycles. The molecular weight excluding hydrogens is 283 g/mol. The molecule has 0 amide bonds. The first kappa shape index (κ1) is 13.7. The molecule has 8 heteroatoms. The molecule has 1 aromatic heterocycles. The van der Waals surface area contributed by atoms with E-state index in [2.05, 4.69) is 10.1 Å². The van der Waals surface area contributed by atoms with Gasteiger partial charge in [0.15, 0.2) is 0 Å². The Kier molecular flexibility index (Phi) is 3.94. The minimum atomic E-state index is -3.31. The maximum atomic E-state index is 13.1. The summed E-state index contributed by atoms with van der Waals surface area (Å²) >= 11 is 5.91. The average molecular weight is 292 g/mol. The fourth-order valence-electron chi connectivity index (χ4n) is 1.56. The topological polar surface area (TPSA) is 50.7 Å². The molecule has 0 aliphatic carbocycles. The molecule has 4 nitrogen and oxygen atoms in total. The minimum Gasteiger partial charge on any atom is -0.292 e. The molecule has 0 aliphatic heterocycles. The fourth-order valence-corrected chi connectivity index (χ4v) is 1.76. The molecular formula is C11H9ClF3N3O. The third-order valence-corrected chi connectivity index (χ3v) is 2.81. The summed E-state index contributed by atoms with van der Waals surface area (Å²) < 4.78 is 37.5. The Morgan fingerprint density at radius 1 is 1.32 bits per heavy atom. The molecule has 0 radical (unpaired) electrons. The molecule has 0 saturated carbocycles. The highest BCUT2D eigenvalue weighted by Crippen LogP contribution is 2.18. The van der Waals surface area contributed by atoms with Gasteiger partial charge in [-0.3, -0.25) is 4.98 Å². The molecule has 0 saturated heterocycles. The second kappa shape index (κ2) is 5.48. The van der Waals surface area contributed by atoms with Crippen LogP contribution in [-0.4, -0.2) is 21.2 Å². The lowest BCUT2D eigenvalue weighted by atomic mass is 10.1. The summed E-state index contributed by atoms with van der Waals surface area (Å²) in [5.74, 6) is 0.0707. The summed E-state index contributed by atoms with van der Waals surface area (Å²) in [4.78, 5) is 13.5. The number of nitrogens with one attached hydrogen (secondary N) is 1. The smallest absolute Gasteiger partial charge is 0.292 e. The van der Waals surface area contributed by atoms with E-state index in [4.69, 9.17) is 11.6 Å². The second-order valence-corrected chi connectivity index (χ2v) is 4.20. The number of hydrogen-bond donors (Lipinski definition) is 1. The lowest BCUT2D eigenvalue weighted by Crippen LogP contribution is -2.25. The maximum Gasteiger partial charge on any atom is 0.346 e. The number of alkyl halides is 3. The van der Waals surface area contributed by atoms with Gasteiger partial charge < -0.3 is 0 Å². The van der Waals surface area contributed by atoms with Crippen molar-refractivity contribution in [2.45, 2.75) is 19.1 Å². The van der Waals surface area contributed by atoms with Crippen LogP contribution in [0.1, 0.15) is 17.7 Å². The molecule has 1 heterocycles. The molecule has 0 bridgehead atoms. The standard InChI is InChI=1S/C11H9ClF3N3O/c12-7-4-2-1-3-6(7)5-8-16-11(19)18(17-8)10(15)9(13)14/h1-4,9-10H,5H2,(H,16,17,19). The van der Waals surface area contributed by atoms with Gasteiger partial charge in [0.05, 0.1) is 0 Å². The third kappa shape index (κ3) is 2.98. The van der Waals surface area contributed by atoms with Crippen molar-refractivity contribution in [3.8, 4) is 0 Å². The number of halogens is 4. The number of rotatable bonds is 4. The van der Waals surface area contributed by atoms with Gasteiger partial charge in [0, 0.05) is 11.4 Å². The van der Waals surface area contributed by atoms with E-state index in [-0.39, 0.29) is 16.9 Å². The first-order valence-electron chi connectivity index (χ1n) is 5.32. The highest BCUT2D eigenvalue weighted by molar-refractivity contribution is 6.31. The summed E-state index contributed by atoms with van der Waals surface area (Å²) in [7, 11) is 0. The van der Waals surface area contributed by atoms with Crippen molar-refractivity contribution < 1.29 is 13.2 Å². The van der Waals surface area contributed by atoms with Crippen LogP contribution in [0.15, 0.2) is 29.1 Å². The van der Waals surface area contributed by atoms with Crippen molar-refractivity contribution in [1.29, 1.82) is 0 Å². The molecule has 2 aromatic rings. The minimum absolute atomic E-state index is 0.0707. The summed E-state index contributed by atoms with van der Waals surface area (Å²) in [5.41, 5.74) is -0.368. The summed E-state index contributed by atoms with van der Waals surface area (Å²) in [5, 5.41) is 3.95. The molecule has 1 atom stereocenters. The summed E-state index contributed by atoms with van der Waals surface area (Å²) in [6, 6.07) is 6.79. The van der Waals surface area contributed by atoms with Crippen LogP contribution in [0, 0.1) is 0 Å². The first-order valence-corrected chi connectivity index (χ1v) is 5.70. The van der Waals surface area contributed by atoms with Crippen LogP contribution in [0.4, 0.5) is 13.2 Å². The Hall–Kier alpha value is -1.76. The maximum absolute atomic E-state index is 13.1. The van der Waals surface area contributed by atoms with Gasteiger partial charge >= 0.3 is 5.69 Å². The molecule has 1 N–H and O–H groups in total. The van der Waals surface area contributed by atoms with Crippen LogP contribution in [-0.2, 0) is 6.42 Å². The van der Waals surface area contributed by atoms with Crippen LogP contribution < -0.4 is 5.69 Å². The molecule has 2 rings (SSSR count). The van der Waals surface area contributed by atoms with Gasteiger partial charge in [0.25, 0.3) is 12.7 Å². The molecule has 19 heavy (non-hydrogen) atoms. The summed E-state index contributed by atoms with van der Waals surface area (Å²) in [6.45, 7) is 0. The molecule has 102 valence electrons. The Morgan fingerprint density at radius 2 is 2.00 bits per heavy atom. The Labute approximate surface area is 110 Å². The van der Waals surface area contributed by atoms with Gasteiger partial charge in [-0.15, -0.1) is 0 Å². The zero-order valence-electron chi connectivity index (χ0n) is 9.49. The van der Waals surface area contributed by atoms with Crippen LogP contribution in [0.5, 0.6) is 0 Å². The van der Waals surface area contributed by atoms with E-state index in [0.717, 1.165) is 0 Å². The van der Waals surface area contributed by atoms with Gasteiger partial charge in [-0.25, -0.2) is 18.0 Å². The Balaban J connectivity index is 2.26. The van der Waals surface area contributed by atoms with Crippen LogP contribution in [0.3, 0.4) is 0 Å². The number of benzene rings is 1. The number of nitrogens with zero attached hydrogens (tertiary/aromatic N) is 2. The van der Waals surface area contributed by atoms with E-state index in [9.17, 15) is 18.0 Å². The zero-order chi connectivity index (χ0) is 14.0. The third-order valence-electron chi connectivity index (χ3n) is 2.45. The van der Waals surface area contributed by atoms with Crippen molar-refractivity contribution in [2.75, 3.05) is 0 Å². The number of aromatic nitrogens is 3. The SMILES string of the molecule is O=c1[nH]c(Cc2ccccc2Cl)nn1C(F)C(F)F. The van der Waals surface area contributed by atoms with E-state index in [1.165, 1.54) is 0 Å². The zero-order valence-corrected chi connectivity index (χ0v) is 10.2. The van der Waals surface area contributed by atoms with Gasteiger partial charge in [-0.05, 0) is 11.6 Å². The average Bonchev–Trinajstić information content (AvgIpc) is 2.72. The molecule has 0 fully saturated rings. The number of aromatic amines is 1. The van der Waals surface area contributed by atoms with Crippen molar-refractivity contribution in [3.05, 3.63) is 51.2 Å². The number of hydrogen-bond acceptors (Lipinski definition) is 2. The van der Waals surface area contributed by atoms with Gasteiger partial charge in [-0.2, -0.15) is 9.78 Å². The monoisotopic (exact) mass is 291 g/mol. The van der Waals surface area contributed by atoms with E-state index in [1.54, 1.807) is 24.3 Å². The van der Waals surface area contributed by atoms with Crippen molar-refractivity contribution in [3.63, 3.8) is 0 Å². The highest BCUT2D eigenvalue weighted by atomic mass is 35.5. The van der Waals surface area contributed by atoms with Crippen molar-refractivity contribution >= 4 is 11.6 Å². The lowest BCUT2D eigenvalue weighted by Gasteiger charge is -2.04. The van der Waals surface area contributed by atoms with Crippen LogP contribution >= 0.6 is 11.6 Å². The second-order valence-electron chi connectivity index (χ2n) is 3.80. The van der Waals surface area contributed by atoms with E-state index >= 15 is 0 Å². The van der Waals surface area contributed by atoms with Gasteiger partial charge in [0.1, 0.15) is 5.82 Å². The lowest BCUT2D eigenvalue weighted by molar-refractivity contribution is -0.00158. The highest BCUT2D eigenvalue weighted by Gasteiger charge is 2.25. The van der Waals surface area contributed by atoms with Gasteiger partial charge in [-0.1, -0.05) is 29.8 Å². The normalized spacial score (nSPS) is 12.9. The first-order chi connectivity index (χ1) is 8.99. The van der Waals surface area contributed by atoms with E-state index < -0.39 is 18.4 Å².